The van der Waals surface area contributed by atoms with Gasteiger partial charge in [0.05, 0.1) is 11.7 Å². The third kappa shape index (κ3) is 9.42. The van der Waals surface area contributed by atoms with E-state index >= 15 is 0 Å². The molecule has 1 aliphatic carbocycles. The second kappa shape index (κ2) is 15.3. The number of primary sulfonamides is 1. The SMILES string of the molecule is CNC(=O)C(=O)CCC(NC(=O)c1coc(S(N)(=O)=O)c1)C(=O)Nc1cccn(CC(=O)NC2C3CC(CN2C)CC(C)(NC(C)=O)C3)c1=O. The first-order valence-electron chi connectivity index (χ1n) is 15.8. The van der Waals surface area contributed by atoms with E-state index < -0.39 is 68.1 Å². The fourth-order valence-electron chi connectivity index (χ4n) is 6.87. The van der Waals surface area contributed by atoms with Crippen molar-refractivity contribution >= 4 is 51.0 Å². The standard InChI is InChI=1S/C31H42N8O10S/c1-17(40)37-31(2)12-18-10-19(13-31)26(38(4)14-18)36-24(42)15-39-9-5-6-22(30(39)46)35-28(44)21(7-8-23(41)29(45)33-3)34-27(43)20-11-25(49-16-20)50(32,47)48/h5-6,9,11,16,18-19,21,26H,7-8,10,12-15H2,1-4H3,(H,33,45)(H,34,43)(H,35,44)(H,36,42)(H,37,40)(H2,32,47,48). The van der Waals surface area contributed by atoms with Gasteiger partial charge in [0.15, 0.2) is 0 Å². The lowest BCUT2D eigenvalue weighted by Crippen LogP contribution is -2.63. The number of piperidine rings is 1. The van der Waals surface area contributed by atoms with E-state index in [1.165, 1.54) is 32.3 Å². The van der Waals surface area contributed by atoms with Gasteiger partial charge >= 0.3 is 0 Å². The molecule has 1 saturated carbocycles. The van der Waals surface area contributed by atoms with Crippen LogP contribution in [-0.2, 0) is 40.5 Å². The van der Waals surface area contributed by atoms with E-state index in [2.05, 4.69) is 31.5 Å². The molecule has 2 aliphatic rings. The summed E-state index contributed by atoms with van der Waals surface area (Å²) >= 11 is 0. The Morgan fingerprint density at radius 2 is 1.88 bits per heavy atom. The lowest BCUT2D eigenvalue weighted by Gasteiger charge is -2.52. The number of furan rings is 1. The molecule has 19 heteroatoms. The predicted molar refractivity (Wildman–Crippen MR) is 177 cm³/mol. The average molecular weight is 719 g/mol. The van der Waals surface area contributed by atoms with Gasteiger partial charge in [0.1, 0.15) is 24.5 Å². The highest BCUT2D eigenvalue weighted by Crippen LogP contribution is 2.42. The highest BCUT2D eigenvalue weighted by atomic mass is 32.2. The van der Waals surface area contributed by atoms with Crippen molar-refractivity contribution < 1.29 is 41.6 Å². The molecule has 2 bridgehead atoms. The number of amides is 5. The van der Waals surface area contributed by atoms with Gasteiger partial charge < -0.3 is 35.6 Å². The van der Waals surface area contributed by atoms with Crippen LogP contribution >= 0.6 is 0 Å². The van der Waals surface area contributed by atoms with E-state index in [4.69, 9.17) is 9.56 Å². The Balaban J connectivity index is 1.46. The van der Waals surface area contributed by atoms with E-state index in [0.29, 0.717) is 12.3 Å². The van der Waals surface area contributed by atoms with Crippen molar-refractivity contribution in [1.29, 1.82) is 0 Å². The molecule has 2 aromatic heterocycles. The monoisotopic (exact) mass is 718 g/mol. The summed E-state index contributed by atoms with van der Waals surface area (Å²) in [6.45, 7) is 3.84. The molecule has 50 heavy (non-hydrogen) atoms. The highest BCUT2D eigenvalue weighted by Gasteiger charge is 2.46. The van der Waals surface area contributed by atoms with Gasteiger partial charge in [-0.25, -0.2) is 13.6 Å². The fourth-order valence-corrected chi connectivity index (χ4v) is 7.35. The number of ketones is 1. The number of nitrogens with two attached hydrogens (primary N) is 1. The molecule has 0 aromatic carbocycles. The van der Waals surface area contributed by atoms with Crippen molar-refractivity contribution in [3.05, 3.63) is 46.6 Å². The van der Waals surface area contributed by atoms with Crippen LogP contribution in [0, 0.1) is 11.8 Å². The molecule has 2 fully saturated rings. The summed E-state index contributed by atoms with van der Waals surface area (Å²) in [5.41, 5.74) is -1.67. The summed E-state index contributed by atoms with van der Waals surface area (Å²) in [7, 11) is -1.11. The lowest BCUT2D eigenvalue weighted by molar-refractivity contribution is -0.137. The molecule has 2 aromatic rings. The van der Waals surface area contributed by atoms with Crippen molar-refractivity contribution in [2.24, 2.45) is 17.0 Å². The van der Waals surface area contributed by atoms with Gasteiger partial charge in [0, 0.05) is 44.7 Å². The first-order chi connectivity index (χ1) is 23.4. The number of nitrogens with one attached hydrogen (secondary N) is 5. The molecule has 272 valence electrons. The number of sulfonamides is 1. The molecular weight excluding hydrogens is 676 g/mol. The van der Waals surface area contributed by atoms with E-state index in [1.807, 2.05) is 14.0 Å². The molecular formula is C31H42N8O10S. The van der Waals surface area contributed by atoms with Gasteiger partial charge in [-0.15, -0.1) is 0 Å². The molecule has 1 aliphatic heterocycles. The summed E-state index contributed by atoms with van der Waals surface area (Å²) in [5, 5.41) is 17.3. The van der Waals surface area contributed by atoms with Crippen LogP contribution in [0.3, 0.4) is 0 Å². The second-order valence-electron chi connectivity index (χ2n) is 13.1. The van der Waals surface area contributed by atoms with Crippen LogP contribution < -0.4 is 37.3 Å². The largest absolute Gasteiger partial charge is 0.451 e. The summed E-state index contributed by atoms with van der Waals surface area (Å²) in [4.78, 5) is 90.6. The van der Waals surface area contributed by atoms with E-state index in [1.54, 1.807) is 0 Å². The van der Waals surface area contributed by atoms with Gasteiger partial charge in [-0.2, -0.15) is 0 Å². The number of hydrogen-bond acceptors (Lipinski definition) is 11. The minimum Gasteiger partial charge on any atom is -0.451 e. The van der Waals surface area contributed by atoms with Crippen molar-refractivity contribution in [1.82, 2.24) is 30.7 Å². The Morgan fingerprint density at radius 1 is 1.16 bits per heavy atom. The van der Waals surface area contributed by atoms with Crippen molar-refractivity contribution in [3.8, 4) is 0 Å². The van der Waals surface area contributed by atoms with Gasteiger partial charge in [0.25, 0.3) is 27.4 Å². The summed E-state index contributed by atoms with van der Waals surface area (Å²) in [5.74, 6) is -3.85. The molecule has 18 nitrogen and oxygen atoms in total. The zero-order chi connectivity index (χ0) is 37.0. The summed E-state index contributed by atoms with van der Waals surface area (Å²) in [6.07, 6.45) is 3.39. The first-order valence-corrected chi connectivity index (χ1v) is 17.4. The summed E-state index contributed by atoms with van der Waals surface area (Å²) in [6, 6.07) is 2.09. The zero-order valence-electron chi connectivity index (χ0n) is 28.1. The number of likely N-dealkylation sites (N-methyl/N-ethyl adjacent to an activating group) is 1. The highest BCUT2D eigenvalue weighted by molar-refractivity contribution is 7.89. The molecule has 7 N–H and O–H groups in total. The van der Waals surface area contributed by atoms with Crippen LogP contribution in [0.1, 0.15) is 56.3 Å². The molecule has 0 spiro atoms. The Kier molecular flexibility index (Phi) is 11.6. The number of Topliss-reactive ketones (excluding diaryl/α,β-unsaturated/α-hetero) is 1. The number of pyridine rings is 1. The zero-order valence-corrected chi connectivity index (χ0v) is 28.9. The van der Waals surface area contributed by atoms with Gasteiger partial charge in [-0.05, 0) is 63.6 Å². The minimum absolute atomic E-state index is 0.0615. The number of hydrogen-bond donors (Lipinski definition) is 6. The van der Waals surface area contributed by atoms with Crippen LogP contribution in [0.5, 0.6) is 0 Å². The summed E-state index contributed by atoms with van der Waals surface area (Å²) < 4.78 is 29.0. The van der Waals surface area contributed by atoms with Crippen molar-refractivity contribution in [2.45, 2.75) is 75.3 Å². The predicted octanol–water partition coefficient (Wildman–Crippen LogP) is -1.38. The van der Waals surface area contributed by atoms with Crippen molar-refractivity contribution in [3.63, 3.8) is 0 Å². The smallest absolute Gasteiger partial charge is 0.287 e. The molecule has 5 atom stereocenters. The number of fused-ring (bicyclic) bond motifs is 2. The van der Waals surface area contributed by atoms with Gasteiger partial charge in [-0.3, -0.25) is 38.5 Å². The van der Waals surface area contributed by atoms with Crippen LogP contribution in [-0.4, -0.2) is 91.6 Å². The molecule has 0 radical (unpaired) electrons. The Bertz CT molecular complexity index is 1840. The van der Waals surface area contributed by atoms with Crippen LogP contribution in [0.25, 0.3) is 0 Å². The number of carbonyl (C=O) groups is 6. The molecule has 1 saturated heterocycles. The normalized spacial score (nSPS) is 22.5. The average Bonchev–Trinajstić information content (AvgIpc) is 3.53. The fraction of sp³-hybridized carbons (Fsp3) is 0.516. The number of nitrogens with zero attached hydrogens (tertiary/aromatic N) is 2. The van der Waals surface area contributed by atoms with Crippen LogP contribution in [0.15, 0.2) is 45.0 Å². The minimum atomic E-state index is -4.27. The first kappa shape index (κ1) is 37.9. The third-order valence-corrected chi connectivity index (χ3v) is 9.59. The maximum Gasteiger partial charge on any atom is 0.287 e. The Hall–Kier alpha value is -4.88. The molecule has 5 amide bonds. The van der Waals surface area contributed by atoms with Crippen LogP contribution in [0.4, 0.5) is 5.69 Å². The second-order valence-corrected chi connectivity index (χ2v) is 14.6. The Labute approximate surface area is 287 Å². The maximum absolute atomic E-state index is 13.4. The molecule has 4 rings (SSSR count). The topological polar surface area (TPSA) is 261 Å². The maximum atomic E-state index is 13.4. The van der Waals surface area contributed by atoms with Gasteiger partial charge in [-0.1, -0.05) is 0 Å². The number of aromatic nitrogens is 1. The van der Waals surface area contributed by atoms with E-state index in [0.717, 1.165) is 36.3 Å². The van der Waals surface area contributed by atoms with E-state index in [-0.39, 0.29) is 42.2 Å². The van der Waals surface area contributed by atoms with E-state index in [9.17, 15) is 42.0 Å². The van der Waals surface area contributed by atoms with Crippen LogP contribution in [0.2, 0.25) is 0 Å². The van der Waals surface area contributed by atoms with Gasteiger partial charge in [0.2, 0.25) is 28.6 Å². The number of rotatable bonds is 13. The quantitative estimate of drug-likeness (QED) is 0.132. The molecule has 5 unspecified atom stereocenters. The number of likely N-dealkylation sites (tertiary alicyclic amines) is 1. The lowest BCUT2D eigenvalue weighted by atomic mass is 9.67. The molecule has 3 heterocycles. The van der Waals surface area contributed by atoms with Crippen molar-refractivity contribution in [2.75, 3.05) is 26.0 Å². The third-order valence-electron chi connectivity index (χ3n) is 8.81. The Morgan fingerprint density at radius 3 is 2.52 bits per heavy atom. The number of carbonyl (C=O) groups excluding carboxylic acids is 6. The number of anilines is 1.